The van der Waals surface area contributed by atoms with Gasteiger partial charge in [-0.2, -0.15) is 0 Å². The Bertz CT molecular complexity index is 958. The first-order valence-corrected chi connectivity index (χ1v) is 10.2. The number of hydrogen-bond donors (Lipinski definition) is 6. The van der Waals surface area contributed by atoms with Gasteiger partial charge in [0.05, 0.1) is 0 Å². The van der Waals surface area contributed by atoms with Crippen LogP contribution in [0, 0.1) is 0 Å². The lowest BCUT2D eigenvalue weighted by Gasteiger charge is -2.39. The van der Waals surface area contributed by atoms with Crippen molar-refractivity contribution in [2.24, 2.45) is 0 Å². The van der Waals surface area contributed by atoms with Crippen molar-refractivity contribution in [1.29, 1.82) is 0 Å². The van der Waals surface area contributed by atoms with E-state index in [9.17, 15) is 30.3 Å². The lowest BCUT2D eigenvalue weighted by atomic mass is 9.99. The van der Waals surface area contributed by atoms with E-state index >= 15 is 0 Å². The number of carbonyl (C=O) groups excluding carboxylic acids is 1. The first-order chi connectivity index (χ1) is 15.8. The molecule has 2 aromatic rings. The van der Waals surface area contributed by atoms with Gasteiger partial charge >= 0.3 is 5.97 Å². The van der Waals surface area contributed by atoms with Crippen molar-refractivity contribution in [3.8, 4) is 17.2 Å². The summed E-state index contributed by atoms with van der Waals surface area (Å²) in [4.78, 5) is 12.0. The number of benzene rings is 2. The van der Waals surface area contributed by atoms with Gasteiger partial charge in [0.2, 0.25) is 6.29 Å². The molecule has 0 bridgehead atoms. The minimum Gasteiger partial charge on any atom is -0.508 e. The minimum atomic E-state index is -1.66. The molecule has 10 heteroatoms. The van der Waals surface area contributed by atoms with E-state index in [-0.39, 0.29) is 23.9 Å². The van der Waals surface area contributed by atoms with E-state index in [4.69, 9.17) is 19.3 Å². The third-order valence-corrected chi connectivity index (χ3v) is 5.03. The zero-order valence-corrected chi connectivity index (χ0v) is 17.5. The SMILES string of the molecule is O=C(C=Cc1ccc(O)cc1)OC[C@@H]1O[C@@H](Oc2ccc(CCO)cc2O)[C@@H](O)[C@@H](O)[C@@H]1O. The Morgan fingerprint density at radius 3 is 2.39 bits per heavy atom. The summed E-state index contributed by atoms with van der Waals surface area (Å²) in [6.07, 6.45) is -4.59. The molecule has 6 N–H and O–H groups in total. The zero-order chi connectivity index (χ0) is 24.0. The first kappa shape index (κ1) is 24.5. The van der Waals surface area contributed by atoms with E-state index < -0.39 is 43.3 Å². The largest absolute Gasteiger partial charge is 0.508 e. The highest BCUT2D eigenvalue weighted by atomic mass is 16.7. The molecular weight excluding hydrogens is 436 g/mol. The molecule has 1 aliphatic rings. The summed E-state index contributed by atoms with van der Waals surface area (Å²) in [5.41, 5.74) is 1.31. The number of phenols is 2. The lowest BCUT2D eigenvalue weighted by Crippen LogP contribution is -2.60. The second kappa shape index (κ2) is 11.1. The van der Waals surface area contributed by atoms with E-state index in [0.29, 0.717) is 17.5 Å². The van der Waals surface area contributed by atoms with Crippen LogP contribution >= 0.6 is 0 Å². The number of ether oxygens (including phenoxy) is 3. The molecule has 33 heavy (non-hydrogen) atoms. The smallest absolute Gasteiger partial charge is 0.330 e. The van der Waals surface area contributed by atoms with Crippen LogP contribution in [0.25, 0.3) is 6.08 Å². The summed E-state index contributed by atoms with van der Waals surface area (Å²) in [5.74, 6) is -0.962. The van der Waals surface area contributed by atoms with Crippen LogP contribution in [0.2, 0.25) is 0 Å². The highest BCUT2D eigenvalue weighted by Crippen LogP contribution is 2.31. The molecule has 0 saturated carbocycles. The minimum absolute atomic E-state index is 0.0445. The van der Waals surface area contributed by atoms with Gasteiger partial charge in [0.1, 0.15) is 36.8 Å². The topological polar surface area (TPSA) is 166 Å². The number of phenolic OH excluding ortho intramolecular Hbond substituents is 2. The predicted molar refractivity (Wildman–Crippen MR) is 114 cm³/mol. The molecule has 3 rings (SSSR count). The van der Waals surface area contributed by atoms with Gasteiger partial charge in [0.15, 0.2) is 11.5 Å². The fourth-order valence-electron chi connectivity index (χ4n) is 3.19. The molecule has 0 unspecified atom stereocenters. The molecule has 1 fully saturated rings. The highest BCUT2D eigenvalue weighted by Gasteiger charge is 2.45. The number of aliphatic hydroxyl groups excluding tert-OH is 4. The van der Waals surface area contributed by atoms with Gasteiger partial charge in [-0.1, -0.05) is 18.2 Å². The molecule has 0 amide bonds. The van der Waals surface area contributed by atoms with E-state index in [2.05, 4.69) is 0 Å². The van der Waals surface area contributed by atoms with Gasteiger partial charge < -0.3 is 44.8 Å². The van der Waals surface area contributed by atoms with Crippen LogP contribution in [-0.2, 0) is 20.7 Å². The fourth-order valence-corrected chi connectivity index (χ4v) is 3.19. The average molecular weight is 462 g/mol. The zero-order valence-electron chi connectivity index (χ0n) is 17.5. The molecule has 10 nitrogen and oxygen atoms in total. The van der Waals surface area contributed by atoms with Crippen molar-refractivity contribution in [3.63, 3.8) is 0 Å². The Morgan fingerprint density at radius 1 is 1.00 bits per heavy atom. The van der Waals surface area contributed by atoms with Crippen molar-refractivity contribution >= 4 is 12.0 Å². The Kier molecular flexibility index (Phi) is 8.26. The summed E-state index contributed by atoms with van der Waals surface area (Å²) >= 11 is 0. The summed E-state index contributed by atoms with van der Waals surface area (Å²) in [7, 11) is 0. The van der Waals surface area contributed by atoms with Gasteiger partial charge in [-0.3, -0.25) is 0 Å². The fraction of sp³-hybridized carbons (Fsp3) is 0.348. The summed E-state index contributed by atoms with van der Waals surface area (Å²) in [5, 5.41) is 58.9. The monoisotopic (exact) mass is 462 g/mol. The number of esters is 1. The van der Waals surface area contributed by atoms with Gasteiger partial charge in [0.25, 0.3) is 0 Å². The second-order valence-electron chi connectivity index (χ2n) is 7.46. The molecule has 5 atom stereocenters. The number of aromatic hydroxyl groups is 2. The summed E-state index contributed by atoms with van der Waals surface area (Å²) in [6, 6.07) is 10.5. The Balaban J connectivity index is 1.60. The van der Waals surface area contributed by atoms with Crippen LogP contribution in [-0.4, -0.2) is 80.5 Å². The summed E-state index contributed by atoms with van der Waals surface area (Å²) < 4.78 is 16.0. The van der Waals surface area contributed by atoms with Gasteiger partial charge in [-0.15, -0.1) is 0 Å². The van der Waals surface area contributed by atoms with Crippen molar-refractivity contribution in [2.45, 2.75) is 37.1 Å². The molecule has 178 valence electrons. The van der Waals surface area contributed by atoms with Crippen LogP contribution in [0.1, 0.15) is 11.1 Å². The summed E-state index contributed by atoms with van der Waals surface area (Å²) in [6.45, 7) is -0.538. The molecule has 1 aliphatic heterocycles. The lowest BCUT2D eigenvalue weighted by molar-refractivity contribution is -0.278. The van der Waals surface area contributed by atoms with Crippen LogP contribution in [0.15, 0.2) is 48.5 Å². The maximum Gasteiger partial charge on any atom is 0.330 e. The highest BCUT2D eigenvalue weighted by molar-refractivity contribution is 5.87. The van der Waals surface area contributed by atoms with Crippen molar-refractivity contribution in [1.82, 2.24) is 0 Å². The molecule has 2 aromatic carbocycles. The third kappa shape index (κ3) is 6.44. The van der Waals surface area contributed by atoms with E-state index in [1.807, 2.05) is 0 Å². The Labute approximate surface area is 189 Å². The molecular formula is C23H26O10. The maximum absolute atomic E-state index is 12.0. The normalized spacial score (nSPS) is 25.2. The number of rotatable bonds is 8. The van der Waals surface area contributed by atoms with Crippen LogP contribution in [0.4, 0.5) is 0 Å². The molecule has 0 spiro atoms. The molecule has 0 radical (unpaired) electrons. The predicted octanol–water partition coefficient (Wildman–Crippen LogP) is 0.0756. The van der Waals surface area contributed by atoms with E-state index in [1.165, 1.54) is 30.3 Å². The van der Waals surface area contributed by atoms with Crippen LogP contribution in [0.5, 0.6) is 17.2 Å². The van der Waals surface area contributed by atoms with Crippen LogP contribution < -0.4 is 4.74 Å². The van der Waals surface area contributed by atoms with Crippen molar-refractivity contribution < 1.29 is 49.6 Å². The number of aliphatic hydroxyl groups is 4. The average Bonchev–Trinajstić information content (AvgIpc) is 2.80. The maximum atomic E-state index is 12.0. The molecule has 0 aliphatic carbocycles. The number of hydrogen-bond acceptors (Lipinski definition) is 10. The number of carbonyl (C=O) groups is 1. The Morgan fingerprint density at radius 2 is 1.73 bits per heavy atom. The van der Waals surface area contributed by atoms with Crippen molar-refractivity contribution in [2.75, 3.05) is 13.2 Å². The third-order valence-electron chi connectivity index (χ3n) is 5.03. The van der Waals surface area contributed by atoms with Gasteiger partial charge in [0, 0.05) is 12.7 Å². The quantitative estimate of drug-likeness (QED) is 0.234. The second-order valence-corrected chi connectivity index (χ2v) is 7.46. The Hall–Kier alpha value is -3.15. The van der Waals surface area contributed by atoms with Crippen molar-refractivity contribution in [3.05, 3.63) is 59.7 Å². The van der Waals surface area contributed by atoms with E-state index in [1.54, 1.807) is 18.2 Å². The van der Waals surface area contributed by atoms with Gasteiger partial charge in [-0.25, -0.2) is 4.79 Å². The first-order valence-electron chi connectivity index (χ1n) is 10.2. The standard InChI is InChI=1S/C23H26O10/c24-10-9-14-3-7-17(16(26)11-14)32-23-22(30)21(29)20(28)18(33-23)12-31-19(27)8-4-13-1-5-15(25)6-2-13/h1-8,11,18,20-26,28-30H,9-10,12H2/t18-,20+,21-,22-,23+/m0/s1. The van der Waals surface area contributed by atoms with E-state index in [0.717, 1.165) is 6.08 Å². The van der Waals surface area contributed by atoms with Crippen LogP contribution in [0.3, 0.4) is 0 Å². The molecule has 0 aromatic heterocycles. The molecule has 1 heterocycles. The van der Waals surface area contributed by atoms with Gasteiger partial charge in [-0.05, 0) is 47.9 Å². The molecule has 1 saturated heterocycles.